The van der Waals surface area contributed by atoms with Gasteiger partial charge in [-0.05, 0) is 209 Å². The molecule has 4 heteroatoms. The summed E-state index contributed by atoms with van der Waals surface area (Å²) in [5.74, 6) is 0.942. The van der Waals surface area contributed by atoms with Crippen LogP contribution in [0.2, 0.25) is 0 Å². The fourth-order valence-corrected chi connectivity index (χ4v) is 15.2. The van der Waals surface area contributed by atoms with Gasteiger partial charge in [0.25, 0.3) is 6.71 Å². The van der Waals surface area contributed by atoms with Crippen molar-refractivity contribution in [2.24, 2.45) is 0 Å². The molecule has 0 saturated carbocycles. The standard InChI is InChI=1S/C76H87BN2O/c1-69(2,3)49-26-24-46(25-27-49)48-38-63-67-64(39-48)79(62-44-58-56(73(11,12)34-36-75(58,15)16)42-52(62)47-22-20-19-21-23-47)61-31-28-50(70(4,5)6)40-60(61)77(67)66-53-43-57-59(76(17,18)37-35-74(57,13)14)45-65(53)80-68(66)78(63)51-29-30-54-55(41-51)72(9,10)33-32-71(54,7)8/h19-31,38-45H,32-37H2,1-18H3. The Morgan fingerprint density at radius 3 is 1.46 bits per heavy atom. The first-order valence-electron chi connectivity index (χ1n) is 30.4. The minimum Gasteiger partial charge on any atom is -0.440 e. The summed E-state index contributed by atoms with van der Waals surface area (Å²) >= 11 is 0. The Labute approximate surface area is 480 Å². The van der Waals surface area contributed by atoms with Crippen LogP contribution in [-0.4, -0.2) is 6.71 Å². The number of hydrogen-bond donors (Lipinski definition) is 0. The van der Waals surface area contributed by atoms with Gasteiger partial charge in [0.1, 0.15) is 5.58 Å². The van der Waals surface area contributed by atoms with E-state index in [0.29, 0.717) is 0 Å². The molecule has 0 saturated heterocycles. The van der Waals surface area contributed by atoms with E-state index in [2.05, 4.69) is 262 Å². The molecule has 13 rings (SSSR count). The largest absolute Gasteiger partial charge is 0.440 e. The van der Waals surface area contributed by atoms with Crippen LogP contribution >= 0.6 is 0 Å². The van der Waals surface area contributed by atoms with Gasteiger partial charge < -0.3 is 9.32 Å². The molecule has 0 atom stereocenters. The highest BCUT2D eigenvalue weighted by atomic mass is 16.4. The molecule has 80 heavy (non-hydrogen) atoms. The average molecular weight is 1060 g/mol. The summed E-state index contributed by atoms with van der Waals surface area (Å²) < 4.78 is 7.79. The van der Waals surface area contributed by atoms with Crippen molar-refractivity contribution >= 4 is 68.4 Å². The van der Waals surface area contributed by atoms with Crippen LogP contribution in [0.4, 0.5) is 34.3 Å². The fraction of sp³-hybridized carbons (Fsp3) is 0.421. The summed E-state index contributed by atoms with van der Waals surface area (Å²) in [5, 5.41) is 1.24. The van der Waals surface area contributed by atoms with Crippen molar-refractivity contribution in [1.82, 2.24) is 0 Å². The molecule has 0 fully saturated rings. The minimum atomic E-state index is -0.127. The molecule has 0 radical (unpaired) electrons. The van der Waals surface area contributed by atoms with Gasteiger partial charge in [-0.2, -0.15) is 0 Å². The molecule has 0 spiro atoms. The molecule has 0 amide bonds. The van der Waals surface area contributed by atoms with E-state index < -0.39 is 0 Å². The molecule has 0 unspecified atom stereocenters. The summed E-state index contributed by atoms with van der Waals surface area (Å²) in [6.07, 6.45) is 6.89. The molecule has 0 bridgehead atoms. The smallest absolute Gasteiger partial charge is 0.257 e. The molecule has 5 aliphatic rings. The Kier molecular flexibility index (Phi) is 11.4. The van der Waals surface area contributed by atoms with Crippen LogP contribution in [0.25, 0.3) is 33.2 Å². The molecule has 1 aromatic heterocycles. The quantitative estimate of drug-likeness (QED) is 0.164. The molecule has 2 aliphatic heterocycles. The number of furan rings is 1. The van der Waals surface area contributed by atoms with Crippen molar-refractivity contribution in [2.45, 2.75) is 206 Å². The van der Waals surface area contributed by atoms with Gasteiger partial charge in [0.05, 0.1) is 5.69 Å². The number of benzene rings is 7. The van der Waals surface area contributed by atoms with E-state index in [0.717, 1.165) is 49.3 Å². The zero-order chi connectivity index (χ0) is 56.8. The first kappa shape index (κ1) is 53.1. The number of nitrogens with zero attached hydrogens (tertiary/aromatic N) is 2. The average Bonchev–Trinajstić information content (AvgIpc) is 1.64. The monoisotopic (exact) mass is 1050 g/mol. The van der Waals surface area contributed by atoms with E-state index >= 15 is 0 Å². The lowest BCUT2D eigenvalue weighted by molar-refractivity contribution is 0.332. The van der Waals surface area contributed by atoms with Crippen LogP contribution in [0.5, 0.6) is 0 Å². The Hall–Kier alpha value is -6.26. The van der Waals surface area contributed by atoms with Crippen molar-refractivity contribution in [3.8, 4) is 22.3 Å². The van der Waals surface area contributed by atoms with Crippen LogP contribution in [-0.2, 0) is 43.3 Å². The van der Waals surface area contributed by atoms with Crippen LogP contribution in [0, 0.1) is 0 Å². The molecular weight excluding hydrogens is 968 g/mol. The van der Waals surface area contributed by atoms with E-state index in [1.54, 1.807) is 0 Å². The highest BCUT2D eigenvalue weighted by molar-refractivity contribution is 7.01. The van der Waals surface area contributed by atoms with E-state index in [4.69, 9.17) is 4.42 Å². The maximum absolute atomic E-state index is 7.79. The van der Waals surface area contributed by atoms with Crippen LogP contribution in [0.1, 0.15) is 208 Å². The third-order valence-corrected chi connectivity index (χ3v) is 21.0. The SMILES string of the molecule is CC(C)(C)c1ccc(-c2cc3c4c(c2)N(c2ccc5c(c2)C(C)(C)CCC5(C)C)c2oc5cc6c(cc5c2B4c2cc(C(C)(C)C)ccc2N3c2cc3c(cc2-c2ccccc2)C(C)(C)CCC3(C)C)C(C)(C)CCC6(C)C)cc1. The number of rotatable bonds is 4. The van der Waals surface area contributed by atoms with Gasteiger partial charge >= 0.3 is 0 Å². The number of hydrogen-bond acceptors (Lipinski definition) is 3. The van der Waals surface area contributed by atoms with Crippen molar-refractivity contribution in [3.63, 3.8) is 0 Å². The van der Waals surface area contributed by atoms with E-state index in [1.807, 2.05) is 0 Å². The fourth-order valence-electron chi connectivity index (χ4n) is 15.2. The summed E-state index contributed by atoms with van der Waals surface area (Å²) in [4.78, 5) is 5.31. The van der Waals surface area contributed by atoms with Crippen molar-refractivity contribution < 1.29 is 4.42 Å². The summed E-state index contributed by atoms with van der Waals surface area (Å²) in [7, 11) is 0. The van der Waals surface area contributed by atoms with Crippen LogP contribution in [0.3, 0.4) is 0 Å². The van der Waals surface area contributed by atoms with Crippen molar-refractivity contribution in [2.75, 3.05) is 9.80 Å². The van der Waals surface area contributed by atoms with Gasteiger partial charge in [0.2, 0.25) is 5.88 Å². The molecule has 0 N–H and O–H groups in total. The molecule has 7 aromatic carbocycles. The molecule has 3 heterocycles. The Bertz CT molecular complexity index is 3860. The Morgan fingerprint density at radius 1 is 0.388 bits per heavy atom. The lowest BCUT2D eigenvalue weighted by Gasteiger charge is -2.46. The van der Waals surface area contributed by atoms with Crippen molar-refractivity contribution in [1.29, 1.82) is 0 Å². The summed E-state index contributed by atoms with van der Waals surface area (Å²) in [6, 6.07) is 51.1. The predicted molar refractivity (Wildman–Crippen MR) is 344 cm³/mol. The van der Waals surface area contributed by atoms with E-state index in [1.165, 1.54) is 118 Å². The minimum absolute atomic E-state index is 0.00388. The van der Waals surface area contributed by atoms with Gasteiger partial charge in [0, 0.05) is 39.2 Å². The molecule has 3 aliphatic carbocycles. The molecular formula is C76H87BN2O. The van der Waals surface area contributed by atoms with Gasteiger partial charge in [-0.1, -0.05) is 197 Å². The Morgan fingerprint density at radius 2 is 0.887 bits per heavy atom. The van der Waals surface area contributed by atoms with Gasteiger partial charge in [-0.3, -0.25) is 4.90 Å². The van der Waals surface area contributed by atoms with Crippen LogP contribution < -0.4 is 26.2 Å². The lowest BCUT2D eigenvalue weighted by Crippen LogP contribution is -2.61. The molecule has 3 nitrogen and oxygen atoms in total. The summed E-state index contributed by atoms with van der Waals surface area (Å²) in [6.45, 7) is 43.5. The number of fused-ring (bicyclic) bond motifs is 9. The Balaban J connectivity index is 1.21. The molecule has 8 aromatic rings. The van der Waals surface area contributed by atoms with E-state index in [9.17, 15) is 0 Å². The second-order valence-corrected chi connectivity index (χ2v) is 31.4. The highest BCUT2D eigenvalue weighted by Gasteiger charge is 2.50. The van der Waals surface area contributed by atoms with Crippen molar-refractivity contribution in [3.05, 3.63) is 172 Å². The van der Waals surface area contributed by atoms with Crippen LogP contribution in [0.15, 0.2) is 132 Å². The number of anilines is 6. The first-order valence-corrected chi connectivity index (χ1v) is 30.4. The van der Waals surface area contributed by atoms with E-state index in [-0.39, 0.29) is 50.0 Å². The third-order valence-electron chi connectivity index (χ3n) is 21.0. The first-order chi connectivity index (χ1) is 37.4. The second kappa shape index (κ2) is 17.2. The molecule has 410 valence electrons. The normalized spacial score (nSPS) is 19.6. The van der Waals surface area contributed by atoms with Gasteiger partial charge in [-0.25, -0.2) is 0 Å². The topological polar surface area (TPSA) is 19.6 Å². The summed E-state index contributed by atoms with van der Waals surface area (Å²) in [5.41, 5.74) is 27.3. The predicted octanol–water partition coefficient (Wildman–Crippen LogP) is 19.5. The maximum atomic E-state index is 7.79. The highest BCUT2D eigenvalue weighted by Crippen LogP contribution is 2.56. The third kappa shape index (κ3) is 8.08. The zero-order valence-corrected chi connectivity index (χ0v) is 51.7. The van der Waals surface area contributed by atoms with Gasteiger partial charge in [-0.15, -0.1) is 0 Å². The lowest BCUT2D eigenvalue weighted by atomic mass is 9.33. The zero-order valence-electron chi connectivity index (χ0n) is 51.7. The second-order valence-electron chi connectivity index (χ2n) is 31.4. The maximum Gasteiger partial charge on any atom is 0.257 e. The van der Waals surface area contributed by atoms with Gasteiger partial charge in [0.15, 0.2) is 0 Å².